The van der Waals surface area contributed by atoms with Gasteiger partial charge in [0.1, 0.15) is 0 Å². The molecule has 1 amide bonds. The van der Waals surface area contributed by atoms with Crippen LogP contribution in [0.4, 0.5) is 11.6 Å². The number of hydrogen-bond acceptors (Lipinski definition) is 6. The van der Waals surface area contributed by atoms with Crippen molar-refractivity contribution in [1.82, 2.24) is 15.2 Å². The molecule has 2 aromatic rings. The van der Waals surface area contributed by atoms with E-state index < -0.39 is 10.8 Å². The Morgan fingerprint density at radius 1 is 1.52 bits per heavy atom. The molecular weight excluding hydrogens is 278 g/mol. The number of aromatic nitrogens is 3. The first-order valence-electron chi connectivity index (χ1n) is 6.13. The molecule has 0 atom stereocenters. The summed E-state index contributed by atoms with van der Waals surface area (Å²) < 4.78 is 5.05. The lowest BCUT2D eigenvalue weighted by atomic mass is 10.1. The molecule has 0 radical (unpaired) electrons. The van der Waals surface area contributed by atoms with Crippen molar-refractivity contribution < 1.29 is 14.5 Å². The lowest BCUT2D eigenvalue weighted by Crippen LogP contribution is -2.15. The Morgan fingerprint density at radius 3 is 2.95 bits per heavy atom. The molecule has 1 heterocycles. The summed E-state index contributed by atoms with van der Waals surface area (Å²) in [6, 6.07) is 4.40. The third-order valence-corrected chi connectivity index (χ3v) is 2.72. The summed E-state index contributed by atoms with van der Waals surface area (Å²) in [5.41, 5.74) is 0.360. The smallest absolute Gasteiger partial charge is 0.337 e. The van der Waals surface area contributed by atoms with Gasteiger partial charge in [-0.1, -0.05) is 6.07 Å². The van der Waals surface area contributed by atoms with Crippen LogP contribution in [-0.4, -0.2) is 32.6 Å². The number of aromatic amines is 1. The minimum atomic E-state index is -0.534. The largest absolute Gasteiger partial charge is 0.463 e. The molecular formula is C12H13N5O4. The van der Waals surface area contributed by atoms with Crippen molar-refractivity contribution in [1.29, 1.82) is 0 Å². The molecule has 1 aromatic heterocycles. The van der Waals surface area contributed by atoms with Gasteiger partial charge >= 0.3 is 6.01 Å². The van der Waals surface area contributed by atoms with E-state index in [4.69, 9.17) is 4.74 Å². The molecule has 0 aliphatic carbocycles. The molecule has 1 aromatic carbocycles. The molecule has 110 valence electrons. The van der Waals surface area contributed by atoms with Crippen LogP contribution in [0, 0.1) is 17.0 Å². The van der Waals surface area contributed by atoms with Gasteiger partial charge in [-0.05, 0) is 19.9 Å². The van der Waals surface area contributed by atoms with E-state index >= 15 is 0 Å². The van der Waals surface area contributed by atoms with Gasteiger partial charge in [0, 0.05) is 17.2 Å². The fourth-order valence-electron chi connectivity index (χ4n) is 1.74. The third-order valence-electron chi connectivity index (χ3n) is 2.72. The van der Waals surface area contributed by atoms with Crippen LogP contribution in [0.2, 0.25) is 0 Å². The van der Waals surface area contributed by atoms with E-state index in [1.54, 1.807) is 6.92 Å². The number of benzene rings is 1. The number of nitro groups is 1. The van der Waals surface area contributed by atoms with E-state index in [9.17, 15) is 14.9 Å². The normalized spacial score (nSPS) is 10.2. The molecule has 2 N–H and O–H groups in total. The minimum Gasteiger partial charge on any atom is -0.463 e. The fourth-order valence-corrected chi connectivity index (χ4v) is 1.74. The average molecular weight is 291 g/mol. The van der Waals surface area contributed by atoms with Gasteiger partial charge < -0.3 is 4.74 Å². The summed E-state index contributed by atoms with van der Waals surface area (Å²) in [7, 11) is 0. The molecule has 21 heavy (non-hydrogen) atoms. The first-order valence-corrected chi connectivity index (χ1v) is 6.13. The topological polar surface area (TPSA) is 123 Å². The third kappa shape index (κ3) is 3.14. The summed E-state index contributed by atoms with van der Waals surface area (Å²) in [6.07, 6.45) is 0. The minimum absolute atomic E-state index is 0.106. The highest BCUT2D eigenvalue weighted by Crippen LogP contribution is 2.21. The Balaban J connectivity index is 2.20. The zero-order valence-corrected chi connectivity index (χ0v) is 11.4. The van der Waals surface area contributed by atoms with Crippen molar-refractivity contribution in [2.24, 2.45) is 0 Å². The standard InChI is InChI=1S/C12H13N5O4/c1-3-21-12-14-11(15-16-12)13-10(18)8-5-4-6-9(7(8)2)17(19)20/h4-6H,3H2,1-2H3,(H2,13,14,15,16,18). The maximum atomic E-state index is 12.1. The zero-order valence-electron chi connectivity index (χ0n) is 11.4. The van der Waals surface area contributed by atoms with Crippen LogP contribution in [0.1, 0.15) is 22.8 Å². The van der Waals surface area contributed by atoms with Crippen molar-refractivity contribution in [2.75, 3.05) is 11.9 Å². The van der Waals surface area contributed by atoms with Crippen LogP contribution in [0.25, 0.3) is 0 Å². The molecule has 0 fully saturated rings. The second-order valence-corrected chi connectivity index (χ2v) is 4.06. The lowest BCUT2D eigenvalue weighted by molar-refractivity contribution is -0.385. The molecule has 9 heteroatoms. The van der Waals surface area contributed by atoms with Gasteiger partial charge in [-0.2, -0.15) is 4.98 Å². The number of anilines is 1. The van der Waals surface area contributed by atoms with Crippen LogP contribution in [-0.2, 0) is 0 Å². The summed E-state index contributed by atoms with van der Waals surface area (Å²) in [5.74, 6) is -0.412. The number of nitrogens with zero attached hydrogens (tertiary/aromatic N) is 3. The number of ether oxygens (including phenoxy) is 1. The first-order chi connectivity index (χ1) is 10.0. The maximum absolute atomic E-state index is 12.1. The zero-order chi connectivity index (χ0) is 15.4. The van der Waals surface area contributed by atoms with Crippen LogP contribution >= 0.6 is 0 Å². The van der Waals surface area contributed by atoms with Crippen molar-refractivity contribution in [3.8, 4) is 6.01 Å². The second kappa shape index (κ2) is 5.99. The maximum Gasteiger partial charge on any atom is 0.337 e. The Labute approximate surface area is 119 Å². The highest BCUT2D eigenvalue weighted by Gasteiger charge is 2.18. The summed E-state index contributed by atoms with van der Waals surface area (Å²) in [5, 5.41) is 19.6. The van der Waals surface area contributed by atoms with E-state index in [0.717, 1.165) is 0 Å². The fraction of sp³-hybridized carbons (Fsp3) is 0.250. The quantitative estimate of drug-likeness (QED) is 0.638. The summed E-state index contributed by atoms with van der Waals surface area (Å²) in [4.78, 5) is 26.3. The Kier molecular flexibility index (Phi) is 4.12. The second-order valence-electron chi connectivity index (χ2n) is 4.06. The average Bonchev–Trinajstić information content (AvgIpc) is 2.86. The molecule has 2 rings (SSSR count). The van der Waals surface area contributed by atoms with Gasteiger partial charge in [0.25, 0.3) is 11.6 Å². The number of H-pyrrole nitrogens is 1. The number of nitrogens with one attached hydrogen (secondary N) is 2. The van der Waals surface area contributed by atoms with Crippen LogP contribution in [0.15, 0.2) is 18.2 Å². The molecule has 0 bridgehead atoms. The van der Waals surface area contributed by atoms with E-state index in [2.05, 4.69) is 20.5 Å². The highest BCUT2D eigenvalue weighted by molar-refractivity contribution is 6.05. The molecule has 0 saturated heterocycles. The van der Waals surface area contributed by atoms with Gasteiger partial charge in [-0.15, -0.1) is 5.10 Å². The number of carbonyl (C=O) groups is 1. The Morgan fingerprint density at radius 2 is 2.29 bits per heavy atom. The van der Waals surface area contributed by atoms with Gasteiger partial charge in [-0.25, -0.2) is 5.10 Å². The van der Waals surface area contributed by atoms with Crippen LogP contribution in [0.5, 0.6) is 6.01 Å². The SMILES string of the molecule is CCOc1n[nH]c(NC(=O)c2cccc([N+](=O)[O-])c2C)n1. The van der Waals surface area contributed by atoms with Crippen LogP contribution < -0.4 is 10.1 Å². The summed E-state index contributed by atoms with van der Waals surface area (Å²) >= 11 is 0. The van der Waals surface area contributed by atoms with E-state index in [1.165, 1.54) is 25.1 Å². The number of rotatable bonds is 5. The molecule has 0 aliphatic heterocycles. The van der Waals surface area contributed by atoms with Gasteiger partial charge in [0.2, 0.25) is 5.95 Å². The number of hydrogen-bond donors (Lipinski definition) is 2. The van der Waals surface area contributed by atoms with Gasteiger partial charge in [0.15, 0.2) is 0 Å². The monoisotopic (exact) mass is 291 g/mol. The molecule has 0 saturated carbocycles. The van der Waals surface area contributed by atoms with E-state index in [0.29, 0.717) is 6.61 Å². The lowest BCUT2D eigenvalue weighted by Gasteiger charge is -2.05. The predicted octanol–water partition coefficient (Wildman–Crippen LogP) is 1.67. The van der Waals surface area contributed by atoms with E-state index in [-0.39, 0.29) is 28.8 Å². The highest BCUT2D eigenvalue weighted by atomic mass is 16.6. The van der Waals surface area contributed by atoms with Gasteiger partial charge in [-0.3, -0.25) is 20.2 Å². The van der Waals surface area contributed by atoms with Crippen molar-refractivity contribution >= 4 is 17.5 Å². The number of carbonyl (C=O) groups excluding carboxylic acids is 1. The molecule has 9 nitrogen and oxygen atoms in total. The molecule has 0 unspecified atom stereocenters. The summed E-state index contributed by atoms with van der Waals surface area (Å²) in [6.45, 7) is 3.69. The molecule has 0 spiro atoms. The van der Waals surface area contributed by atoms with E-state index in [1.807, 2.05) is 0 Å². The van der Waals surface area contributed by atoms with Crippen molar-refractivity contribution in [3.05, 3.63) is 39.4 Å². The predicted molar refractivity (Wildman–Crippen MR) is 73.3 cm³/mol. The number of amides is 1. The number of nitro benzene ring substituents is 1. The van der Waals surface area contributed by atoms with Gasteiger partial charge in [0.05, 0.1) is 11.5 Å². The first kappa shape index (κ1) is 14.4. The molecule has 0 aliphatic rings. The van der Waals surface area contributed by atoms with Crippen LogP contribution in [0.3, 0.4) is 0 Å². The Bertz CT molecular complexity index is 682. The van der Waals surface area contributed by atoms with Crippen molar-refractivity contribution in [2.45, 2.75) is 13.8 Å². The van der Waals surface area contributed by atoms with Crippen molar-refractivity contribution in [3.63, 3.8) is 0 Å². The Hall–Kier alpha value is -2.97.